The zero-order chi connectivity index (χ0) is 21.5. The number of methoxy groups -OCH3 is 1. The minimum atomic E-state index is 0.00853. The van der Waals surface area contributed by atoms with E-state index in [4.69, 9.17) is 4.74 Å². The van der Waals surface area contributed by atoms with Crippen LogP contribution in [-0.4, -0.2) is 37.0 Å². The van der Waals surface area contributed by atoms with Crippen LogP contribution >= 0.6 is 0 Å². The fourth-order valence-electron chi connectivity index (χ4n) is 4.27. The zero-order valence-corrected chi connectivity index (χ0v) is 18.9. The van der Waals surface area contributed by atoms with Crippen molar-refractivity contribution in [1.82, 2.24) is 10.2 Å². The van der Waals surface area contributed by atoms with Crippen molar-refractivity contribution >= 4 is 5.91 Å². The lowest BCUT2D eigenvalue weighted by atomic mass is 9.83. The SMILES string of the molecule is CCc1ccc([C@@H]2C[C@@H](C(=O)N[C@@H](C)CC)CN(Cc3cccc(OC)c3)C2)cc1. The highest BCUT2D eigenvalue weighted by Crippen LogP contribution is 2.32. The molecule has 2 aromatic carbocycles. The largest absolute Gasteiger partial charge is 0.497 e. The Labute approximate surface area is 181 Å². The van der Waals surface area contributed by atoms with Crippen LogP contribution in [0.1, 0.15) is 56.2 Å². The number of amides is 1. The maximum Gasteiger partial charge on any atom is 0.224 e. The average Bonchev–Trinajstić information content (AvgIpc) is 2.78. The Morgan fingerprint density at radius 2 is 1.90 bits per heavy atom. The summed E-state index contributed by atoms with van der Waals surface area (Å²) in [5.74, 6) is 1.44. The first-order valence-corrected chi connectivity index (χ1v) is 11.3. The van der Waals surface area contributed by atoms with E-state index in [0.717, 1.165) is 44.6 Å². The van der Waals surface area contributed by atoms with Gasteiger partial charge in [0, 0.05) is 25.7 Å². The second-order valence-corrected chi connectivity index (χ2v) is 8.59. The standard InChI is InChI=1S/C26H36N2O2/c1-5-19(3)27-26(29)24-15-23(22-12-10-20(6-2)11-13-22)17-28(18-24)16-21-8-7-9-25(14-21)30-4/h7-14,19,23-24H,5-6,15-18H2,1-4H3,(H,27,29)/t19-,23+,24+/m0/s1. The number of likely N-dealkylation sites (tertiary alicyclic amines) is 1. The molecular formula is C26H36N2O2. The molecule has 2 aromatic rings. The molecule has 3 atom stereocenters. The van der Waals surface area contributed by atoms with Gasteiger partial charge in [-0.05, 0) is 60.9 Å². The predicted octanol–water partition coefficient (Wildman–Crippen LogP) is 4.78. The molecule has 1 fully saturated rings. The summed E-state index contributed by atoms with van der Waals surface area (Å²) in [4.78, 5) is 15.4. The minimum Gasteiger partial charge on any atom is -0.497 e. The highest BCUT2D eigenvalue weighted by molar-refractivity contribution is 5.79. The Bertz CT molecular complexity index is 818. The van der Waals surface area contributed by atoms with E-state index < -0.39 is 0 Å². The Hall–Kier alpha value is -2.33. The highest BCUT2D eigenvalue weighted by Gasteiger charge is 2.32. The number of piperidine rings is 1. The number of benzene rings is 2. The highest BCUT2D eigenvalue weighted by atomic mass is 16.5. The average molecular weight is 409 g/mol. The first-order chi connectivity index (χ1) is 14.5. The van der Waals surface area contributed by atoms with Crippen LogP contribution in [0.5, 0.6) is 5.75 Å². The van der Waals surface area contributed by atoms with Gasteiger partial charge in [-0.3, -0.25) is 9.69 Å². The lowest BCUT2D eigenvalue weighted by molar-refractivity contribution is -0.127. The Balaban J connectivity index is 1.79. The molecule has 4 nitrogen and oxygen atoms in total. The van der Waals surface area contributed by atoms with Crippen LogP contribution in [0.3, 0.4) is 0 Å². The Kier molecular flexibility index (Phi) is 7.92. The molecule has 1 N–H and O–H groups in total. The lowest BCUT2D eigenvalue weighted by Gasteiger charge is -2.38. The summed E-state index contributed by atoms with van der Waals surface area (Å²) in [6.45, 7) is 8.96. The molecule has 1 heterocycles. The fourth-order valence-corrected chi connectivity index (χ4v) is 4.27. The number of carbonyl (C=O) groups excluding carboxylic acids is 1. The van der Waals surface area contributed by atoms with Crippen molar-refractivity contribution < 1.29 is 9.53 Å². The molecule has 0 spiro atoms. The van der Waals surface area contributed by atoms with Gasteiger partial charge in [-0.1, -0.05) is 50.2 Å². The van der Waals surface area contributed by atoms with Gasteiger partial charge in [0.1, 0.15) is 5.75 Å². The monoisotopic (exact) mass is 408 g/mol. The maximum absolute atomic E-state index is 13.0. The van der Waals surface area contributed by atoms with Gasteiger partial charge in [0.25, 0.3) is 0 Å². The summed E-state index contributed by atoms with van der Waals surface area (Å²) < 4.78 is 5.39. The molecule has 162 valence electrons. The van der Waals surface area contributed by atoms with Gasteiger partial charge in [0.05, 0.1) is 13.0 Å². The van der Waals surface area contributed by atoms with Crippen molar-refractivity contribution in [2.45, 2.75) is 58.5 Å². The molecule has 1 saturated heterocycles. The molecule has 0 bridgehead atoms. The lowest BCUT2D eigenvalue weighted by Crippen LogP contribution is -2.47. The molecule has 30 heavy (non-hydrogen) atoms. The minimum absolute atomic E-state index is 0.00853. The van der Waals surface area contributed by atoms with E-state index in [9.17, 15) is 4.79 Å². The van der Waals surface area contributed by atoms with Crippen molar-refractivity contribution in [2.75, 3.05) is 20.2 Å². The summed E-state index contributed by atoms with van der Waals surface area (Å²) >= 11 is 0. The summed E-state index contributed by atoms with van der Waals surface area (Å²) in [5.41, 5.74) is 3.91. The van der Waals surface area contributed by atoms with Gasteiger partial charge in [-0.25, -0.2) is 0 Å². The normalized spacial score (nSPS) is 20.5. The smallest absolute Gasteiger partial charge is 0.224 e. The number of nitrogens with zero attached hydrogens (tertiary/aromatic N) is 1. The van der Waals surface area contributed by atoms with E-state index in [2.05, 4.69) is 67.4 Å². The Morgan fingerprint density at radius 1 is 1.13 bits per heavy atom. The second-order valence-electron chi connectivity index (χ2n) is 8.59. The van der Waals surface area contributed by atoms with Crippen LogP contribution in [0.15, 0.2) is 48.5 Å². The van der Waals surface area contributed by atoms with Crippen molar-refractivity contribution in [3.05, 3.63) is 65.2 Å². The molecule has 1 amide bonds. The molecule has 0 unspecified atom stereocenters. The van der Waals surface area contributed by atoms with Crippen molar-refractivity contribution in [3.8, 4) is 5.75 Å². The maximum atomic E-state index is 13.0. The number of hydrogen-bond donors (Lipinski definition) is 1. The van der Waals surface area contributed by atoms with Gasteiger partial charge in [0.2, 0.25) is 5.91 Å². The van der Waals surface area contributed by atoms with Crippen LogP contribution in [0.2, 0.25) is 0 Å². The van der Waals surface area contributed by atoms with E-state index >= 15 is 0 Å². The quantitative estimate of drug-likeness (QED) is 0.684. The number of hydrogen-bond acceptors (Lipinski definition) is 3. The second kappa shape index (κ2) is 10.6. The molecular weight excluding hydrogens is 372 g/mol. The fraction of sp³-hybridized carbons (Fsp3) is 0.500. The van der Waals surface area contributed by atoms with Crippen molar-refractivity contribution in [2.24, 2.45) is 5.92 Å². The summed E-state index contributed by atoms with van der Waals surface area (Å²) in [6.07, 6.45) is 2.91. The number of aryl methyl sites for hydroxylation is 1. The van der Waals surface area contributed by atoms with E-state index in [1.54, 1.807) is 7.11 Å². The van der Waals surface area contributed by atoms with Crippen LogP contribution in [0.25, 0.3) is 0 Å². The molecule has 3 rings (SSSR count). The van der Waals surface area contributed by atoms with Crippen LogP contribution in [0.4, 0.5) is 0 Å². The molecule has 0 aromatic heterocycles. The summed E-state index contributed by atoms with van der Waals surface area (Å²) in [7, 11) is 1.70. The first kappa shape index (κ1) is 22.4. The Morgan fingerprint density at radius 3 is 2.57 bits per heavy atom. The third-order valence-electron chi connectivity index (χ3n) is 6.30. The van der Waals surface area contributed by atoms with E-state index in [1.165, 1.54) is 16.7 Å². The van der Waals surface area contributed by atoms with Gasteiger partial charge in [-0.2, -0.15) is 0 Å². The third-order valence-corrected chi connectivity index (χ3v) is 6.30. The van der Waals surface area contributed by atoms with Gasteiger partial charge < -0.3 is 10.1 Å². The van der Waals surface area contributed by atoms with E-state index in [0.29, 0.717) is 5.92 Å². The van der Waals surface area contributed by atoms with Gasteiger partial charge >= 0.3 is 0 Å². The molecule has 4 heteroatoms. The molecule has 0 radical (unpaired) electrons. The topological polar surface area (TPSA) is 41.6 Å². The van der Waals surface area contributed by atoms with E-state index in [1.807, 2.05) is 12.1 Å². The molecule has 0 aliphatic carbocycles. The number of carbonyl (C=O) groups is 1. The molecule has 1 aliphatic rings. The predicted molar refractivity (Wildman–Crippen MR) is 123 cm³/mol. The van der Waals surface area contributed by atoms with E-state index in [-0.39, 0.29) is 17.9 Å². The zero-order valence-electron chi connectivity index (χ0n) is 18.9. The van der Waals surface area contributed by atoms with Crippen molar-refractivity contribution in [1.29, 1.82) is 0 Å². The number of nitrogens with one attached hydrogen (secondary N) is 1. The van der Waals surface area contributed by atoms with Crippen LogP contribution in [-0.2, 0) is 17.8 Å². The van der Waals surface area contributed by atoms with Gasteiger partial charge in [0.15, 0.2) is 0 Å². The summed E-state index contributed by atoms with van der Waals surface area (Å²) in [5, 5.41) is 3.21. The first-order valence-electron chi connectivity index (χ1n) is 11.3. The third kappa shape index (κ3) is 5.85. The van der Waals surface area contributed by atoms with Crippen molar-refractivity contribution in [3.63, 3.8) is 0 Å². The van der Waals surface area contributed by atoms with Crippen LogP contribution in [0, 0.1) is 5.92 Å². The number of rotatable bonds is 8. The summed E-state index contributed by atoms with van der Waals surface area (Å²) in [6, 6.07) is 17.4. The molecule has 0 saturated carbocycles. The van der Waals surface area contributed by atoms with Gasteiger partial charge in [-0.15, -0.1) is 0 Å². The van der Waals surface area contributed by atoms with Crippen LogP contribution < -0.4 is 10.1 Å². The number of ether oxygens (including phenoxy) is 1. The molecule has 1 aliphatic heterocycles.